The van der Waals surface area contributed by atoms with E-state index in [1.807, 2.05) is 20.8 Å². The predicted molar refractivity (Wildman–Crippen MR) is 28.7 cm³/mol. The van der Waals surface area contributed by atoms with E-state index in [2.05, 4.69) is 0 Å². The molecule has 0 heterocycles. The molecule has 0 rings (SSSR count). The van der Waals surface area contributed by atoms with Crippen LogP contribution in [0.5, 0.6) is 0 Å². The minimum atomic E-state index is -0.208. The van der Waals surface area contributed by atoms with Crippen LogP contribution in [0.4, 0.5) is 0 Å². The standard InChI is InChI=1S/C5H12N.Nb/c1-4-5(2,3)6;/h6H,4H2,1-3H3;/q-1;. The van der Waals surface area contributed by atoms with Gasteiger partial charge < -0.3 is 5.73 Å². The summed E-state index contributed by atoms with van der Waals surface area (Å²) < 4.78 is 0. The number of hydrogen-bond donors (Lipinski definition) is 0. The molecular weight excluding hydrogens is 167 g/mol. The summed E-state index contributed by atoms with van der Waals surface area (Å²) in [7, 11) is 0. The van der Waals surface area contributed by atoms with E-state index >= 15 is 0 Å². The summed E-state index contributed by atoms with van der Waals surface area (Å²) in [4.78, 5) is 0. The van der Waals surface area contributed by atoms with Gasteiger partial charge in [-0.05, 0) is 0 Å². The van der Waals surface area contributed by atoms with E-state index in [1.54, 1.807) is 0 Å². The third-order valence-electron chi connectivity index (χ3n) is 0.884. The molecule has 0 amide bonds. The molecule has 1 nitrogen and oxygen atoms in total. The molecule has 43 valence electrons. The summed E-state index contributed by atoms with van der Waals surface area (Å²) in [5.41, 5.74) is 6.97. The van der Waals surface area contributed by atoms with E-state index in [1.165, 1.54) is 0 Å². The first-order valence-electron chi connectivity index (χ1n) is 2.31. The van der Waals surface area contributed by atoms with Crippen LogP contribution in [0.2, 0.25) is 0 Å². The Kier molecular flexibility index (Phi) is 5.58. The van der Waals surface area contributed by atoms with Gasteiger partial charge in [-0.25, -0.2) is 0 Å². The van der Waals surface area contributed by atoms with Crippen molar-refractivity contribution >= 4 is 0 Å². The second kappa shape index (κ2) is 3.67. The summed E-state index contributed by atoms with van der Waals surface area (Å²) in [5, 5.41) is 0. The third-order valence-corrected chi connectivity index (χ3v) is 0.884. The second-order valence-corrected chi connectivity index (χ2v) is 2.24. The van der Waals surface area contributed by atoms with Crippen molar-refractivity contribution in [1.82, 2.24) is 0 Å². The molecule has 2 heteroatoms. The molecule has 0 saturated carbocycles. The van der Waals surface area contributed by atoms with Gasteiger partial charge >= 0.3 is 0 Å². The zero-order valence-electron chi connectivity index (χ0n) is 5.15. The molecule has 0 aliphatic carbocycles. The van der Waals surface area contributed by atoms with Gasteiger partial charge in [0.15, 0.2) is 0 Å². The Balaban J connectivity index is 0. The molecule has 0 fully saturated rings. The van der Waals surface area contributed by atoms with E-state index in [0.29, 0.717) is 0 Å². The molecule has 0 aliphatic heterocycles. The van der Waals surface area contributed by atoms with Gasteiger partial charge in [-0.3, -0.25) is 0 Å². The minimum absolute atomic E-state index is 0. The number of hydrogen-bond acceptors (Lipinski definition) is 0. The Morgan fingerprint density at radius 3 is 1.57 bits per heavy atom. The van der Waals surface area contributed by atoms with Crippen LogP contribution in [-0.4, -0.2) is 5.54 Å². The molecule has 0 saturated heterocycles. The maximum absolute atomic E-state index is 7.18. The average Bonchev–Trinajstić information content (AvgIpc) is 1.35. The Morgan fingerprint density at radius 2 is 1.57 bits per heavy atom. The van der Waals surface area contributed by atoms with Crippen molar-refractivity contribution in [2.24, 2.45) is 0 Å². The van der Waals surface area contributed by atoms with E-state index in [4.69, 9.17) is 5.73 Å². The van der Waals surface area contributed by atoms with E-state index in [-0.39, 0.29) is 27.9 Å². The van der Waals surface area contributed by atoms with Crippen molar-refractivity contribution < 1.29 is 22.4 Å². The summed E-state index contributed by atoms with van der Waals surface area (Å²) in [6.07, 6.45) is 0.938. The molecule has 7 heavy (non-hydrogen) atoms. The van der Waals surface area contributed by atoms with Crippen LogP contribution >= 0.6 is 0 Å². The molecule has 0 aromatic heterocycles. The van der Waals surface area contributed by atoms with Gasteiger partial charge in [-0.2, -0.15) is 0 Å². The zero-order valence-corrected chi connectivity index (χ0v) is 7.35. The fourth-order valence-corrected chi connectivity index (χ4v) is 0. The van der Waals surface area contributed by atoms with Crippen molar-refractivity contribution in [2.45, 2.75) is 32.7 Å². The first-order valence-corrected chi connectivity index (χ1v) is 2.31. The largest absolute Gasteiger partial charge is 0.672 e. The quantitative estimate of drug-likeness (QED) is 0.551. The monoisotopic (exact) mass is 179 g/mol. The molecule has 0 unspecified atom stereocenters. The fourth-order valence-electron chi connectivity index (χ4n) is 0. The molecule has 0 bridgehead atoms. The predicted octanol–water partition coefficient (Wildman–Crippen LogP) is 2.22. The Morgan fingerprint density at radius 1 is 1.43 bits per heavy atom. The molecule has 0 aromatic rings. The summed E-state index contributed by atoms with van der Waals surface area (Å²) in [6, 6.07) is 0. The summed E-state index contributed by atoms with van der Waals surface area (Å²) >= 11 is 0. The SMILES string of the molecule is CCC(C)(C)[NH-].[Nb]. The third kappa shape index (κ3) is 10.8. The summed E-state index contributed by atoms with van der Waals surface area (Å²) in [5.74, 6) is 0. The smallest absolute Gasteiger partial charge is 0 e. The van der Waals surface area contributed by atoms with Crippen LogP contribution in [0.25, 0.3) is 5.73 Å². The molecule has 1 N–H and O–H groups in total. The van der Waals surface area contributed by atoms with Gasteiger partial charge in [0.05, 0.1) is 0 Å². The topological polar surface area (TPSA) is 23.8 Å². The Hall–Kier alpha value is 0.700. The van der Waals surface area contributed by atoms with Gasteiger partial charge in [-0.15, -0.1) is 5.54 Å². The van der Waals surface area contributed by atoms with Crippen molar-refractivity contribution in [1.29, 1.82) is 0 Å². The molecular formula is C5H12NNb-. The maximum Gasteiger partial charge on any atom is 0 e. The van der Waals surface area contributed by atoms with Crippen LogP contribution in [-0.2, 0) is 22.4 Å². The Bertz CT molecular complexity index is 37.8. The van der Waals surface area contributed by atoms with Gasteiger partial charge in [0, 0.05) is 22.4 Å². The van der Waals surface area contributed by atoms with Crippen LogP contribution in [0.15, 0.2) is 0 Å². The molecule has 0 atom stereocenters. The minimum Gasteiger partial charge on any atom is -0.672 e. The first-order chi connectivity index (χ1) is 2.56. The molecule has 0 spiro atoms. The van der Waals surface area contributed by atoms with Crippen molar-refractivity contribution in [2.75, 3.05) is 0 Å². The first kappa shape index (κ1) is 10.6. The van der Waals surface area contributed by atoms with Crippen LogP contribution in [0.1, 0.15) is 27.2 Å². The maximum atomic E-state index is 7.18. The van der Waals surface area contributed by atoms with Crippen molar-refractivity contribution in [3.05, 3.63) is 5.73 Å². The van der Waals surface area contributed by atoms with Crippen LogP contribution in [0.3, 0.4) is 0 Å². The fraction of sp³-hybridized carbons (Fsp3) is 1.00. The number of nitrogens with one attached hydrogen (secondary N) is 1. The number of rotatable bonds is 1. The van der Waals surface area contributed by atoms with Crippen molar-refractivity contribution in [3.63, 3.8) is 0 Å². The average molecular weight is 179 g/mol. The van der Waals surface area contributed by atoms with Gasteiger partial charge in [0.25, 0.3) is 0 Å². The second-order valence-electron chi connectivity index (χ2n) is 2.24. The van der Waals surface area contributed by atoms with Gasteiger partial charge in [0.2, 0.25) is 0 Å². The molecule has 0 aromatic carbocycles. The van der Waals surface area contributed by atoms with Crippen LogP contribution in [0, 0.1) is 0 Å². The normalized spacial score (nSPS) is 10.3. The van der Waals surface area contributed by atoms with E-state index in [0.717, 1.165) is 6.42 Å². The molecule has 0 aliphatic rings. The Labute approximate surface area is 61.2 Å². The zero-order chi connectivity index (χ0) is 5.21. The summed E-state index contributed by atoms with van der Waals surface area (Å²) in [6.45, 7) is 5.84. The van der Waals surface area contributed by atoms with Gasteiger partial charge in [0.1, 0.15) is 0 Å². The van der Waals surface area contributed by atoms with E-state index in [9.17, 15) is 0 Å². The van der Waals surface area contributed by atoms with Gasteiger partial charge in [-0.1, -0.05) is 27.2 Å². The van der Waals surface area contributed by atoms with E-state index < -0.39 is 0 Å². The molecule has 1 radical (unpaired) electrons. The van der Waals surface area contributed by atoms with Crippen molar-refractivity contribution in [3.8, 4) is 0 Å². The van der Waals surface area contributed by atoms with Crippen LogP contribution < -0.4 is 0 Å².